The number of carbonyl (C=O) groups excluding carboxylic acids is 1. The lowest BCUT2D eigenvalue weighted by Gasteiger charge is -2.15. The molecule has 106 valence electrons. The Bertz CT molecular complexity index is 375. The molecule has 1 aromatic carbocycles. The summed E-state index contributed by atoms with van der Waals surface area (Å²) in [4.78, 5) is 11.6. The van der Waals surface area contributed by atoms with Crippen LogP contribution in [-0.2, 0) is 9.47 Å². The van der Waals surface area contributed by atoms with Gasteiger partial charge in [-0.3, -0.25) is 0 Å². The van der Waals surface area contributed by atoms with Crippen molar-refractivity contribution in [2.75, 3.05) is 25.1 Å². The van der Waals surface area contributed by atoms with E-state index in [0.717, 1.165) is 12.1 Å². The van der Waals surface area contributed by atoms with E-state index in [2.05, 4.69) is 12.2 Å². The summed E-state index contributed by atoms with van der Waals surface area (Å²) in [6, 6.07) is 7.54. The van der Waals surface area contributed by atoms with Crippen LogP contribution in [0, 0.1) is 0 Å². The minimum absolute atomic E-state index is 0.234. The fourth-order valence-corrected chi connectivity index (χ4v) is 1.60. The third-order valence-corrected chi connectivity index (χ3v) is 2.54. The van der Waals surface area contributed by atoms with Gasteiger partial charge in [-0.2, -0.15) is 0 Å². The first-order valence-corrected chi connectivity index (χ1v) is 6.78. The van der Waals surface area contributed by atoms with Gasteiger partial charge in [-0.1, -0.05) is 6.92 Å². The molecule has 1 atom stereocenters. The highest BCUT2D eigenvalue weighted by Crippen LogP contribution is 2.12. The highest BCUT2D eigenvalue weighted by atomic mass is 16.5. The molecule has 0 spiro atoms. The van der Waals surface area contributed by atoms with Crippen LogP contribution in [0.4, 0.5) is 5.69 Å². The molecule has 0 aliphatic rings. The molecule has 0 fully saturated rings. The summed E-state index contributed by atoms with van der Waals surface area (Å²) in [5, 5.41) is 3.31. The summed E-state index contributed by atoms with van der Waals surface area (Å²) in [6.07, 6.45) is 0.834. The predicted molar refractivity (Wildman–Crippen MR) is 76.6 cm³/mol. The molecule has 1 unspecified atom stereocenters. The van der Waals surface area contributed by atoms with Gasteiger partial charge in [-0.15, -0.1) is 0 Å². The average Bonchev–Trinajstić information content (AvgIpc) is 2.43. The zero-order valence-electron chi connectivity index (χ0n) is 11.9. The highest BCUT2D eigenvalue weighted by molar-refractivity contribution is 5.89. The normalized spacial score (nSPS) is 11.9. The van der Waals surface area contributed by atoms with Crippen molar-refractivity contribution in [3.63, 3.8) is 0 Å². The fraction of sp³-hybridized carbons (Fsp3) is 0.533. The first kappa shape index (κ1) is 15.5. The van der Waals surface area contributed by atoms with Gasteiger partial charge >= 0.3 is 5.97 Å². The maximum Gasteiger partial charge on any atom is 0.338 e. The van der Waals surface area contributed by atoms with Gasteiger partial charge in [0.25, 0.3) is 0 Å². The minimum atomic E-state index is -0.268. The van der Waals surface area contributed by atoms with E-state index in [9.17, 15) is 4.79 Å². The molecule has 0 saturated carbocycles. The number of hydrogen-bond acceptors (Lipinski definition) is 4. The largest absolute Gasteiger partial charge is 0.462 e. The SMILES string of the molecule is CCCOC(=O)c1ccc(NC(C)COCC)cc1. The van der Waals surface area contributed by atoms with Gasteiger partial charge in [-0.25, -0.2) is 4.79 Å². The van der Waals surface area contributed by atoms with Gasteiger partial charge in [0, 0.05) is 18.3 Å². The van der Waals surface area contributed by atoms with Crippen LogP contribution in [0.1, 0.15) is 37.6 Å². The first-order valence-electron chi connectivity index (χ1n) is 6.78. The summed E-state index contributed by atoms with van der Waals surface area (Å²) in [5.74, 6) is -0.268. The third kappa shape index (κ3) is 5.75. The van der Waals surface area contributed by atoms with E-state index in [1.54, 1.807) is 12.1 Å². The van der Waals surface area contributed by atoms with E-state index in [4.69, 9.17) is 9.47 Å². The lowest BCUT2D eigenvalue weighted by Crippen LogP contribution is -2.21. The van der Waals surface area contributed by atoms with Gasteiger partial charge in [0.15, 0.2) is 0 Å². The summed E-state index contributed by atoms with van der Waals surface area (Å²) < 4.78 is 10.4. The summed E-state index contributed by atoms with van der Waals surface area (Å²) in [7, 11) is 0. The van der Waals surface area contributed by atoms with Gasteiger partial charge in [0.2, 0.25) is 0 Å². The molecular weight excluding hydrogens is 242 g/mol. The summed E-state index contributed by atoms with van der Waals surface area (Å²) >= 11 is 0. The Labute approximate surface area is 115 Å². The Balaban J connectivity index is 2.49. The molecule has 0 aromatic heterocycles. The third-order valence-electron chi connectivity index (χ3n) is 2.54. The van der Waals surface area contributed by atoms with Crippen molar-refractivity contribution in [2.45, 2.75) is 33.2 Å². The quantitative estimate of drug-likeness (QED) is 0.734. The van der Waals surface area contributed by atoms with Crippen molar-refractivity contribution < 1.29 is 14.3 Å². The number of ether oxygens (including phenoxy) is 2. The fourth-order valence-electron chi connectivity index (χ4n) is 1.60. The van der Waals surface area contributed by atoms with Gasteiger partial charge < -0.3 is 14.8 Å². The maximum atomic E-state index is 11.6. The zero-order valence-corrected chi connectivity index (χ0v) is 11.9. The lowest BCUT2D eigenvalue weighted by atomic mass is 10.2. The van der Waals surface area contributed by atoms with Crippen LogP contribution in [0.15, 0.2) is 24.3 Å². The predicted octanol–water partition coefficient (Wildman–Crippen LogP) is 3.09. The Morgan fingerprint density at radius 3 is 2.53 bits per heavy atom. The molecule has 1 aromatic rings. The molecule has 0 aliphatic carbocycles. The monoisotopic (exact) mass is 265 g/mol. The Hall–Kier alpha value is -1.55. The standard InChI is InChI=1S/C15H23NO3/c1-4-10-19-15(17)13-6-8-14(9-7-13)16-12(3)11-18-5-2/h6-9,12,16H,4-5,10-11H2,1-3H3. The van der Waals surface area contributed by atoms with Crippen LogP contribution >= 0.6 is 0 Å². The van der Waals surface area contributed by atoms with Crippen molar-refractivity contribution in [2.24, 2.45) is 0 Å². The number of rotatable bonds is 8. The molecule has 1 rings (SSSR count). The van der Waals surface area contributed by atoms with Crippen LogP contribution in [0.3, 0.4) is 0 Å². The number of hydrogen-bond donors (Lipinski definition) is 1. The Kier molecular flexibility index (Phi) is 6.97. The Morgan fingerprint density at radius 1 is 1.26 bits per heavy atom. The van der Waals surface area contributed by atoms with Crippen LogP contribution in [0.5, 0.6) is 0 Å². The summed E-state index contributed by atoms with van der Waals surface area (Å²) in [5.41, 5.74) is 1.55. The van der Waals surface area contributed by atoms with Crippen molar-refractivity contribution in [3.05, 3.63) is 29.8 Å². The number of carbonyl (C=O) groups is 1. The van der Waals surface area contributed by atoms with E-state index < -0.39 is 0 Å². The molecule has 0 bridgehead atoms. The molecule has 1 N–H and O–H groups in total. The molecule has 0 amide bonds. The van der Waals surface area contributed by atoms with E-state index in [0.29, 0.717) is 25.4 Å². The molecule has 0 heterocycles. The van der Waals surface area contributed by atoms with Gasteiger partial charge in [0.05, 0.1) is 18.8 Å². The molecule has 4 heteroatoms. The lowest BCUT2D eigenvalue weighted by molar-refractivity contribution is 0.0505. The van der Waals surface area contributed by atoms with Crippen molar-refractivity contribution >= 4 is 11.7 Å². The van der Waals surface area contributed by atoms with E-state index in [-0.39, 0.29) is 12.0 Å². The average molecular weight is 265 g/mol. The van der Waals surface area contributed by atoms with Gasteiger partial charge in [-0.05, 0) is 44.5 Å². The molecule has 0 saturated heterocycles. The topological polar surface area (TPSA) is 47.6 Å². The highest BCUT2D eigenvalue weighted by Gasteiger charge is 2.07. The zero-order chi connectivity index (χ0) is 14.1. The second kappa shape index (κ2) is 8.53. The second-order valence-electron chi connectivity index (χ2n) is 4.42. The maximum absolute atomic E-state index is 11.6. The van der Waals surface area contributed by atoms with E-state index >= 15 is 0 Å². The molecule has 19 heavy (non-hydrogen) atoms. The number of nitrogens with one attached hydrogen (secondary N) is 1. The first-order chi connectivity index (χ1) is 9.17. The Morgan fingerprint density at radius 2 is 1.95 bits per heavy atom. The molecule has 4 nitrogen and oxygen atoms in total. The molecular formula is C15H23NO3. The second-order valence-corrected chi connectivity index (χ2v) is 4.42. The van der Waals surface area contributed by atoms with Crippen LogP contribution in [-0.4, -0.2) is 31.8 Å². The van der Waals surface area contributed by atoms with Crippen molar-refractivity contribution in [1.82, 2.24) is 0 Å². The molecule has 0 aliphatic heterocycles. The number of benzene rings is 1. The smallest absolute Gasteiger partial charge is 0.338 e. The number of esters is 1. The van der Waals surface area contributed by atoms with Crippen LogP contribution in [0.25, 0.3) is 0 Å². The van der Waals surface area contributed by atoms with E-state index in [1.165, 1.54) is 0 Å². The minimum Gasteiger partial charge on any atom is -0.462 e. The van der Waals surface area contributed by atoms with E-state index in [1.807, 2.05) is 26.0 Å². The number of anilines is 1. The van der Waals surface area contributed by atoms with Crippen LogP contribution in [0.2, 0.25) is 0 Å². The van der Waals surface area contributed by atoms with Crippen molar-refractivity contribution in [1.29, 1.82) is 0 Å². The summed E-state index contributed by atoms with van der Waals surface area (Å²) in [6.45, 7) is 7.85. The van der Waals surface area contributed by atoms with Gasteiger partial charge in [0.1, 0.15) is 0 Å². The van der Waals surface area contributed by atoms with Crippen molar-refractivity contribution in [3.8, 4) is 0 Å². The molecule has 0 radical (unpaired) electrons. The van der Waals surface area contributed by atoms with Crippen LogP contribution < -0.4 is 5.32 Å².